The lowest BCUT2D eigenvalue weighted by molar-refractivity contribution is 0.0695. The topological polar surface area (TPSA) is 107 Å². The maximum atomic E-state index is 15.4. The van der Waals surface area contributed by atoms with Gasteiger partial charge < -0.3 is 19.3 Å². The molecule has 1 unspecified atom stereocenters. The van der Waals surface area contributed by atoms with E-state index in [-0.39, 0.29) is 16.4 Å². The number of thiol groups is 1. The van der Waals surface area contributed by atoms with Crippen LogP contribution in [0.15, 0.2) is 77.0 Å². The quantitative estimate of drug-likeness (QED) is 0.286. The lowest BCUT2D eigenvalue weighted by Gasteiger charge is -2.38. The molecule has 0 radical (unpaired) electrons. The van der Waals surface area contributed by atoms with Gasteiger partial charge in [-0.15, -0.1) is 12.6 Å². The second-order valence-corrected chi connectivity index (χ2v) is 11.0. The van der Waals surface area contributed by atoms with Crippen molar-refractivity contribution in [3.63, 3.8) is 0 Å². The Morgan fingerprint density at radius 3 is 2.52 bits per heavy atom. The first-order valence-electron chi connectivity index (χ1n) is 14.2. The molecular formula is C31H32FN7O4S. The predicted molar refractivity (Wildman–Crippen MR) is 170 cm³/mol. The van der Waals surface area contributed by atoms with E-state index in [2.05, 4.69) is 9.88 Å². The van der Waals surface area contributed by atoms with E-state index in [4.69, 9.17) is 22.5 Å². The number of hydrogen-bond donors (Lipinski definition) is 2. The van der Waals surface area contributed by atoms with Gasteiger partial charge in [0, 0.05) is 68.0 Å². The molecule has 1 saturated heterocycles. The van der Waals surface area contributed by atoms with Crippen LogP contribution in [0.4, 0.5) is 15.8 Å². The number of carbonyl (C=O) groups is 1. The molecule has 2 aliphatic rings. The predicted octanol–water partition coefficient (Wildman–Crippen LogP) is 3.74. The molecule has 44 heavy (non-hydrogen) atoms. The molecule has 228 valence electrons. The molecule has 2 aromatic carbocycles. The van der Waals surface area contributed by atoms with Crippen molar-refractivity contribution < 1.29 is 19.0 Å². The number of methoxy groups -OCH3 is 1. The Bertz CT molecular complexity index is 1780. The van der Waals surface area contributed by atoms with Crippen molar-refractivity contribution in [2.24, 2.45) is 5.10 Å². The first-order chi connectivity index (χ1) is 21.3. The number of pyridine rings is 2. The second kappa shape index (κ2) is 12.2. The summed E-state index contributed by atoms with van der Waals surface area (Å²) in [5.41, 5.74) is 1.23. The summed E-state index contributed by atoms with van der Waals surface area (Å²) in [4.78, 5) is 34.8. The standard InChI is InChI=1S/C31H32FN7O4S/c1-3-36-18-24(30(41)42)28(40)23-15-25(32)27(16-26(23)36)37-13-11-35(12-14-37)19-38-31(44)39(21-6-8-22(43-2)9-7-21)29(34-38)20-5-4-10-33-17-20/h4-10,15-18,31,44H,3,11-14,19H2,1-2H3,(H,41,42). The Kier molecular flexibility index (Phi) is 8.15. The van der Waals surface area contributed by atoms with Crippen LogP contribution in [-0.4, -0.2) is 81.8 Å². The third-order valence-electron chi connectivity index (χ3n) is 8.00. The smallest absolute Gasteiger partial charge is 0.341 e. The van der Waals surface area contributed by atoms with Gasteiger partial charge in [-0.05, 0) is 55.5 Å². The first kappa shape index (κ1) is 29.5. The molecule has 0 bridgehead atoms. The Labute approximate surface area is 258 Å². The molecule has 11 nitrogen and oxygen atoms in total. The summed E-state index contributed by atoms with van der Waals surface area (Å²) in [5.74, 6) is -0.397. The van der Waals surface area contributed by atoms with Crippen molar-refractivity contribution in [1.29, 1.82) is 0 Å². The molecule has 4 heterocycles. The minimum Gasteiger partial charge on any atom is -0.497 e. The van der Waals surface area contributed by atoms with E-state index in [1.165, 1.54) is 6.20 Å². The Hall–Kier alpha value is -4.62. The van der Waals surface area contributed by atoms with Crippen LogP contribution in [0.5, 0.6) is 5.75 Å². The summed E-state index contributed by atoms with van der Waals surface area (Å²) in [6.07, 6.45) is 4.82. The number of ether oxygens (including phenoxy) is 1. The minimum atomic E-state index is -1.33. The molecule has 13 heteroatoms. The summed E-state index contributed by atoms with van der Waals surface area (Å²) in [7, 11) is 1.63. The van der Waals surface area contributed by atoms with E-state index >= 15 is 4.39 Å². The summed E-state index contributed by atoms with van der Waals surface area (Å²) in [5, 5.41) is 16.4. The number of halogens is 1. The maximum absolute atomic E-state index is 15.4. The molecule has 4 aromatic rings. The zero-order valence-corrected chi connectivity index (χ0v) is 25.2. The Morgan fingerprint density at radius 1 is 1.14 bits per heavy atom. The van der Waals surface area contributed by atoms with Crippen LogP contribution >= 0.6 is 12.6 Å². The number of hydrogen-bond acceptors (Lipinski definition) is 10. The Balaban J connectivity index is 1.20. The fourth-order valence-corrected chi connectivity index (χ4v) is 6.02. The number of rotatable bonds is 8. The highest BCUT2D eigenvalue weighted by atomic mass is 32.1. The number of fused-ring (bicyclic) bond motifs is 1. The van der Waals surface area contributed by atoms with Crippen molar-refractivity contribution in [1.82, 2.24) is 19.5 Å². The molecule has 1 atom stereocenters. The van der Waals surface area contributed by atoms with Crippen molar-refractivity contribution in [2.75, 3.05) is 49.8 Å². The minimum absolute atomic E-state index is 0.0594. The van der Waals surface area contributed by atoms with E-state index in [9.17, 15) is 14.7 Å². The third kappa shape index (κ3) is 5.44. The number of anilines is 2. The summed E-state index contributed by atoms with van der Waals surface area (Å²) >= 11 is 4.96. The second-order valence-electron chi connectivity index (χ2n) is 10.5. The average Bonchev–Trinajstić information content (AvgIpc) is 3.37. The number of amidine groups is 1. The lowest BCUT2D eigenvalue weighted by Crippen LogP contribution is -2.51. The number of carboxylic acids is 1. The van der Waals surface area contributed by atoms with Gasteiger partial charge in [-0.1, -0.05) is 0 Å². The van der Waals surface area contributed by atoms with Crippen LogP contribution in [-0.2, 0) is 6.54 Å². The summed E-state index contributed by atoms with van der Waals surface area (Å²) in [6, 6.07) is 14.4. The highest BCUT2D eigenvalue weighted by Gasteiger charge is 2.35. The number of aryl methyl sites for hydroxylation is 1. The van der Waals surface area contributed by atoms with Gasteiger partial charge >= 0.3 is 5.97 Å². The van der Waals surface area contributed by atoms with Crippen LogP contribution in [0.2, 0.25) is 0 Å². The van der Waals surface area contributed by atoms with Gasteiger partial charge in [0.25, 0.3) is 0 Å². The van der Waals surface area contributed by atoms with E-state index in [1.807, 2.05) is 58.1 Å². The van der Waals surface area contributed by atoms with Crippen molar-refractivity contribution in [2.45, 2.75) is 19.0 Å². The van der Waals surface area contributed by atoms with E-state index < -0.39 is 17.2 Å². The van der Waals surface area contributed by atoms with Crippen LogP contribution < -0.4 is 20.0 Å². The molecule has 2 aromatic heterocycles. The zero-order chi connectivity index (χ0) is 31.0. The van der Waals surface area contributed by atoms with Gasteiger partial charge in [-0.3, -0.25) is 19.6 Å². The largest absolute Gasteiger partial charge is 0.497 e. The monoisotopic (exact) mass is 617 g/mol. The lowest BCUT2D eigenvalue weighted by atomic mass is 10.1. The van der Waals surface area contributed by atoms with Gasteiger partial charge in [0.05, 0.1) is 25.0 Å². The highest BCUT2D eigenvalue weighted by molar-refractivity contribution is 7.81. The van der Waals surface area contributed by atoms with Gasteiger partial charge in [0.2, 0.25) is 5.43 Å². The SMILES string of the molecule is CCn1cc(C(=O)O)c(=O)c2cc(F)c(N3CCN(CN4N=C(c5cccnc5)N(c5ccc(OC)cc5)C4S)CC3)cc21. The molecular weight excluding hydrogens is 585 g/mol. The van der Waals surface area contributed by atoms with Crippen molar-refractivity contribution in [3.05, 3.63) is 94.3 Å². The highest BCUT2D eigenvalue weighted by Crippen LogP contribution is 2.32. The van der Waals surface area contributed by atoms with Crippen molar-refractivity contribution in [3.8, 4) is 5.75 Å². The normalized spacial score (nSPS) is 17.3. The molecule has 1 N–H and O–H groups in total. The van der Waals surface area contributed by atoms with E-state index in [0.717, 1.165) is 28.9 Å². The number of piperazine rings is 1. The number of hydrazone groups is 1. The average molecular weight is 618 g/mol. The summed E-state index contributed by atoms with van der Waals surface area (Å²) < 4.78 is 22.4. The Morgan fingerprint density at radius 2 is 1.89 bits per heavy atom. The number of carboxylic acid groups (broad SMARTS) is 1. The molecule has 0 saturated carbocycles. The number of benzene rings is 2. The van der Waals surface area contributed by atoms with E-state index in [1.54, 1.807) is 30.1 Å². The van der Waals surface area contributed by atoms with Gasteiger partial charge in [-0.2, -0.15) is 5.10 Å². The molecule has 6 rings (SSSR count). The molecule has 0 spiro atoms. The van der Waals surface area contributed by atoms with Crippen LogP contribution in [0.3, 0.4) is 0 Å². The third-order valence-corrected chi connectivity index (χ3v) is 8.49. The van der Waals surface area contributed by atoms with Crippen LogP contribution in [0.25, 0.3) is 10.9 Å². The van der Waals surface area contributed by atoms with Gasteiger partial charge in [-0.25, -0.2) is 14.2 Å². The molecule has 0 aliphatic carbocycles. The van der Waals surface area contributed by atoms with E-state index in [0.29, 0.717) is 50.6 Å². The summed E-state index contributed by atoms with van der Waals surface area (Å²) in [6.45, 7) is 5.19. The zero-order valence-electron chi connectivity index (χ0n) is 24.3. The first-order valence-corrected chi connectivity index (χ1v) is 14.7. The number of nitrogens with zero attached hydrogens (tertiary/aromatic N) is 7. The number of aromatic nitrogens is 2. The molecule has 0 amide bonds. The molecule has 1 fully saturated rings. The fraction of sp³-hybridized carbons (Fsp3) is 0.290. The molecule has 2 aliphatic heterocycles. The fourth-order valence-electron chi connectivity index (χ4n) is 5.65. The van der Waals surface area contributed by atoms with Crippen molar-refractivity contribution >= 4 is 46.7 Å². The van der Waals surface area contributed by atoms with Gasteiger partial charge in [0.1, 0.15) is 17.1 Å². The number of aromatic carboxylic acids is 1. The maximum Gasteiger partial charge on any atom is 0.341 e. The van der Waals surface area contributed by atoms with Crippen LogP contribution in [0.1, 0.15) is 22.8 Å². The van der Waals surface area contributed by atoms with Crippen LogP contribution in [0, 0.1) is 5.82 Å². The van der Waals surface area contributed by atoms with Gasteiger partial charge in [0.15, 0.2) is 11.3 Å².